The van der Waals surface area contributed by atoms with Crippen LogP contribution in [0.2, 0.25) is 5.02 Å². The van der Waals surface area contributed by atoms with Crippen molar-refractivity contribution in [1.29, 1.82) is 0 Å². The maximum Gasteiger partial charge on any atom is 0.307 e. The fourth-order valence-corrected chi connectivity index (χ4v) is 1.92. The Labute approximate surface area is 91.9 Å². The van der Waals surface area contributed by atoms with Crippen LogP contribution < -0.4 is 0 Å². The van der Waals surface area contributed by atoms with Gasteiger partial charge in [-0.2, -0.15) is 0 Å². The van der Waals surface area contributed by atoms with Gasteiger partial charge in [0.05, 0.1) is 6.42 Å². The summed E-state index contributed by atoms with van der Waals surface area (Å²) in [7, 11) is 1.89. The highest BCUT2D eigenvalue weighted by Crippen LogP contribution is 2.24. The largest absolute Gasteiger partial charge is 0.481 e. The van der Waals surface area contributed by atoms with E-state index in [4.69, 9.17) is 16.7 Å². The van der Waals surface area contributed by atoms with Crippen molar-refractivity contribution < 1.29 is 9.90 Å². The summed E-state index contributed by atoms with van der Waals surface area (Å²) in [5, 5.41) is 10.3. The summed E-state index contributed by atoms with van der Waals surface area (Å²) in [5.74, 6) is -0.831. The van der Waals surface area contributed by atoms with Crippen LogP contribution in [0, 0.1) is 0 Å². The Morgan fingerprint density at radius 1 is 1.53 bits per heavy atom. The second-order valence-corrected chi connectivity index (χ2v) is 3.93. The molecule has 0 fully saturated rings. The van der Waals surface area contributed by atoms with Crippen LogP contribution in [0.1, 0.15) is 5.56 Å². The van der Waals surface area contributed by atoms with Crippen molar-refractivity contribution in [3.63, 3.8) is 0 Å². The Morgan fingerprint density at radius 2 is 2.27 bits per heavy atom. The number of aromatic nitrogens is 1. The van der Waals surface area contributed by atoms with Gasteiger partial charge < -0.3 is 9.67 Å². The first-order chi connectivity index (χ1) is 7.08. The molecule has 1 aromatic carbocycles. The minimum atomic E-state index is -0.831. The van der Waals surface area contributed by atoms with Crippen LogP contribution in [0.5, 0.6) is 0 Å². The zero-order valence-corrected chi connectivity index (χ0v) is 8.95. The van der Waals surface area contributed by atoms with E-state index in [1.54, 1.807) is 12.1 Å². The predicted molar refractivity (Wildman–Crippen MR) is 59.3 cm³/mol. The Kier molecular flexibility index (Phi) is 2.40. The molecule has 4 heteroatoms. The number of fused-ring (bicyclic) bond motifs is 1. The second kappa shape index (κ2) is 3.59. The molecule has 1 aromatic heterocycles. The molecule has 0 bridgehead atoms. The number of hydrogen-bond acceptors (Lipinski definition) is 1. The quantitative estimate of drug-likeness (QED) is 0.850. The van der Waals surface area contributed by atoms with Crippen LogP contribution in [-0.2, 0) is 18.3 Å². The van der Waals surface area contributed by atoms with Crippen LogP contribution in [0.3, 0.4) is 0 Å². The molecule has 0 unspecified atom stereocenters. The molecule has 1 N–H and O–H groups in total. The number of aliphatic carboxylic acids is 1. The molecule has 0 atom stereocenters. The van der Waals surface area contributed by atoms with Gasteiger partial charge in [-0.25, -0.2) is 0 Å². The third-order valence-corrected chi connectivity index (χ3v) is 2.61. The summed E-state index contributed by atoms with van der Waals surface area (Å²) < 4.78 is 1.91. The van der Waals surface area contributed by atoms with Gasteiger partial charge in [0, 0.05) is 29.2 Å². The Bertz CT molecular complexity index is 531. The number of carboxylic acids is 1. The molecule has 3 nitrogen and oxygen atoms in total. The molecule has 2 rings (SSSR count). The van der Waals surface area contributed by atoms with Gasteiger partial charge in [-0.1, -0.05) is 11.6 Å². The first-order valence-electron chi connectivity index (χ1n) is 4.53. The summed E-state index contributed by atoms with van der Waals surface area (Å²) in [6, 6.07) is 5.49. The van der Waals surface area contributed by atoms with Crippen LogP contribution in [0.25, 0.3) is 10.9 Å². The zero-order chi connectivity index (χ0) is 11.0. The van der Waals surface area contributed by atoms with E-state index in [0.29, 0.717) is 5.02 Å². The van der Waals surface area contributed by atoms with Crippen LogP contribution in [0.15, 0.2) is 24.4 Å². The fourth-order valence-electron chi connectivity index (χ4n) is 1.75. The zero-order valence-electron chi connectivity index (χ0n) is 8.20. The molecule has 0 spiro atoms. The van der Waals surface area contributed by atoms with Crippen molar-refractivity contribution in [2.24, 2.45) is 7.05 Å². The molecule has 0 radical (unpaired) electrons. The molecule has 1 heterocycles. The van der Waals surface area contributed by atoms with E-state index in [1.807, 2.05) is 23.9 Å². The van der Waals surface area contributed by atoms with Crippen LogP contribution in [0.4, 0.5) is 0 Å². The summed E-state index contributed by atoms with van der Waals surface area (Å²) in [6.45, 7) is 0. The van der Waals surface area contributed by atoms with E-state index in [9.17, 15) is 4.79 Å². The average molecular weight is 224 g/mol. The number of aryl methyl sites for hydroxylation is 1. The first-order valence-corrected chi connectivity index (χ1v) is 4.91. The summed E-state index contributed by atoms with van der Waals surface area (Å²) in [4.78, 5) is 10.7. The van der Waals surface area contributed by atoms with Crippen molar-refractivity contribution in [2.75, 3.05) is 0 Å². The molecule has 0 saturated heterocycles. The standard InChI is InChI=1S/C11H10ClNO2/c1-13-6-7(4-11(14)15)9-5-8(12)2-3-10(9)13/h2-3,5-6H,4H2,1H3,(H,14,15). The lowest BCUT2D eigenvalue weighted by Gasteiger charge is -1.96. The maximum atomic E-state index is 10.7. The van der Waals surface area contributed by atoms with Gasteiger partial charge in [0.15, 0.2) is 0 Å². The third-order valence-electron chi connectivity index (χ3n) is 2.38. The van der Waals surface area contributed by atoms with E-state index < -0.39 is 5.97 Å². The molecule has 0 amide bonds. The van der Waals surface area contributed by atoms with Gasteiger partial charge in [-0.15, -0.1) is 0 Å². The minimum absolute atomic E-state index is 0.0255. The summed E-state index contributed by atoms with van der Waals surface area (Å²) in [5.41, 5.74) is 1.79. The molecule has 0 aliphatic carbocycles. The van der Waals surface area contributed by atoms with Crippen molar-refractivity contribution in [1.82, 2.24) is 4.57 Å². The number of carboxylic acid groups (broad SMARTS) is 1. The number of halogens is 1. The van der Waals surface area contributed by atoms with Gasteiger partial charge in [-0.3, -0.25) is 4.79 Å². The molecular formula is C11H10ClNO2. The summed E-state index contributed by atoms with van der Waals surface area (Å²) in [6.07, 6.45) is 1.85. The van der Waals surface area contributed by atoms with Crippen molar-refractivity contribution in [3.8, 4) is 0 Å². The van der Waals surface area contributed by atoms with Crippen molar-refractivity contribution >= 4 is 28.5 Å². The highest BCUT2D eigenvalue weighted by atomic mass is 35.5. The Balaban J connectivity index is 2.64. The highest BCUT2D eigenvalue weighted by Gasteiger charge is 2.09. The van der Waals surface area contributed by atoms with Crippen LogP contribution >= 0.6 is 11.6 Å². The molecule has 78 valence electrons. The van der Waals surface area contributed by atoms with E-state index in [2.05, 4.69) is 0 Å². The van der Waals surface area contributed by atoms with E-state index in [1.165, 1.54) is 0 Å². The normalized spacial score (nSPS) is 10.8. The first kappa shape index (κ1) is 10.1. The Morgan fingerprint density at radius 3 is 2.93 bits per heavy atom. The lowest BCUT2D eigenvalue weighted by atomic mass is 10.1. The number of hydrogen-bond donors (Lipinski definition) is 1. The van der Waals surface area contributed by atoms with Gasteiger partial charge >= 0.3 is 5.97 Å². The number of carbonyl (C=O) groups is 1. The molecule has 0 saturated carbocycles. The monoisotopic (exact) mass is 223 g/mol. The summed E-state index contributed by atoms with van der Waals surface area (Å²) >= 11 is 5.88. The number of rotatable bonds is 2. The van der Waals surface area contributed by atoms with E-state index in [0.717, 1.165) is 16.5 Å². The number of nitrogens with zero attached hydrogens (tertiary/aromatic N) is 1. The van der Waals surface area contributed by atoms with E-state index in [-0.39, 0.29) is 6.42 Å². The fraction of sp³-hybridized carbons (Fsp3) is 0.182. The van der Waals surface area contributed by atoms with Gasteiger partial charge in [-0.05, 0) is 23.8 Å². The minimum Gasteiger partial charge on any atom is -0.481 e. The predicted octanol–water partition coefficient (Wildman–Crippen LogP) is 2.46. The van der Waals surface area contributed by atoms with Crippen molar-refractivity contribution in [3.05, 3.63) is 35.0 Å². The molecular weight excluding hydrogens is 214 g/mol. The molecule has 15 heavy (non-hydrogen) atoms. The average Bonchev–Trinajstić information content (AvgIpc) is 2.42. The third kappa shape index (κ3) is 1.83. The highest BCUT2D eigenvalue weighted by molar-refractivity contribution is 6.31. The van der Waals surface area contributed by atoms with E-state index >= 15 is 0 Å². The SMILES string of the molecule is Cn1cc(CC(=O)O)c2cc(Cl)ccc21. The lowest BCUT2D eigenvalue weighted by Crippen LogP contribution is -1.98. The topological polar surface area (TPSA) is 42.2 Å². The van der Waals surface area contributed by atoms with Gasteiger partial charge in [0.1, 0.15) is 0 Å². The number of benzene rings is 1. The smallest absolute Gasteiger partial charge is 0.307 e. The van der Waals surface area contributed by atoms with Crippen molar-refractivity contribution in [2.45, 2.75) is 6.42 Å². The Hall–Kier alpha value is -1.48. The van der Waals surface area contributed by atoms with Gasteiger partial charge in [0.25, 0.3) is 0 Å². The molecule has 0 aliphatic rings. The van der Waals surface area contributed by atoms with Crippen LogP contribution in [-0.4, -0.2) is 15.6 Å². The molecule has 2 aromatic rings. The second-order valence-electron chi connectivity index (χ2n) is 3.50. The van der Waals surface area contributed by atoms with Gasteiger partial charge in [0.2, 0.25) is 0 Å². The lowest BCUT2D eigenvalue weighted by molar-refractivity contribution is -0.136. The molecule has 0 aliphatic heterocycles. The maximum absolute atomic E-state index is 10.7.